The monoisotopic (exact) mass is 275 g/mol. The number of nitrogens with two attached hydrogens (primary N) is 1. The molecule has 0 saturated carbocycles. The van der Waals surface area contributed by atoms with E-state index < -0.39 is 0 Å². The fourth-order valence-corrected chi connectivity index (χ4v) is 1.93. The van der Waals surface area contributed by atoms with E-state index in [0.717, 1.165) is 37.7 Å². The van der Waals surface area contributed by atoms with Gasteiger partial charge in [0.15, 0.2) is 5.96 Å². The van der Waals surface area contributed by atoms with Crippen molar-refractivity contribution in [3.63, 3.8) is 0 Å². The molecular weight excluding hydrogens is 254 g/mol. The predicted octanol–water partition coefficient (Wildman–Crippen LogP) is 0.508. The average molecular weight is 275 g/mol. The van der Waals surface area contributed by atoms with Gasteiger partial charge in [-0.05, 0) is 17.7 Å². The van der Waals surface area contributed by atoms with Gasteiger partial charge < -0.3 is 20.7 Å². The van der Waals surface area contributed by atoms with E-state index in [1.165, 1.54) is 0 Å². The Kier molecular flexibility index (Phi) is 5.37. The molecule has 2 rings (SSSR count). The molecule has 0 spiro atoms. The van der Waals surface area contributed by atoms with Gasteiger partial charge in [-0.2, -0.15) is 0 Å². The third-order valence-electron chi connectivity index (χ3n) is 3.00. The number of nitrogens with zero attached hydrogens (tertiary/aromatic N) is 3. The van der Waals surface area contributed by atoms with Crippen LogP contribution in [0.25, 0.3) is 0 Å². The third kappa shape index (κ3) is 4.24. The maximum absolute atomic E-state index is 5.74. The van der Waals surface area contributed by atoms with E-state index >= 15 is 0 Å². The van der Waals surface area contributed by atoms with Crippen LogP contribution in [0.1, 0.15) is 5.56 Å². The number of pyridine rings is 1. The van der Waals surface area contributed by atoms with Crippen LogP contribution in [-0.4, -0.2) is 43.8 Å². The lowest BCUT2D eigenvalue weighted by Gasteiger charge is -2.27. The van der Waals surface area contributed by atoms with Crippen LogP contribution in [0.5, 0.6) is 0 Å². The van der Waals surface area contributed by atoms with Crippen LogP contribution in [0.4, 0.5) is 5.82 Å². The van der Waals surface area contributed by atoms with Gasteiger partial charge in [0, 0.05) is 25.8 Å². The van der Waals surface area contributed by atoms with E-state index in [-0.39, 0.29) is 0 Å². The normalized spacial score (nSPS) is 16.0. The fraction of sp³-hybridized carbons (Fsp3) is 0.429. The summed E-state index contributed by atoms with van der Waals surface area (Å²) in [5, 5.41) is 2.95. The van der Waals surface area contributed by atoms with Crippen molar-refractivity contribution in [3.8, 4) is 0 Å². The number of ether oxygens (including phenoxy) is 1. The summed E-state index contributed by atoms with van der Waals surface area (Å²) in [4.78, 5) is 10.9. The minimum atomic E-state index is 0.426. The quantitative estimate of drug-likeness (QED) is 0.465. The first-order valence-electron chi connectivity index (χ1n) is 6.72. The van der Waals surface area contributed by atoms with Crippen LogP contribution in [0.3, 0.4) is 0 Å². The van der Waals surface area contributed by atoms with Gasteiger partial charge in [-0.25, -0.2) is 9.98 Å². The topological polar surface area (TPSA) is 75.8 Å². The number of anilines is 1. The van der Waals surface area contributed by atoms with Crippen LogP contribution in [-0.2, 0) is 11.3 Å². The van der Waals surface area contributed by atoms with Crippen LogP contribution in [0, 0.1) is 0 Å². The number of aliphatic imine (C=N–C) groups is 1. The number of nitrogens with one attached hydrogen (secondary N) is 1. The molecule has 0 radical (unpaired) electrons. The van der Waals surface area contributed by atoms with Crippen molar-refractivity contribution in [2.75, 3.05) is 37.7 Å². The molecule has 1 aromatic rings. The van der Waals surface area contributed by atoms with Crippen molar-refractivity contribution in [1.82, 2.24) is 10.3 Å². The van der Waals surface area contributed by atoms with Crippen molar-refractivity contribution in [3.05, 3.63) is 36.5 Å². The van der Waals surface area contributed by atoms with Crippen molar-refractivity contribution in [1.29, 1.82) is 0 Å². The highest BCUT2D eigenvalue weighted by Crippen LogP contribution is 2.14. The maximum Gasteiger partial charge on any atom is 0.189 e. The van der Waals surface area contributed by atoms with Gasteiger partial charge in [-0.1, -0.05) is 6.08 Å². The summed E-state index contributed by atoms with van der Waals surface area (Å²) < 4.78 is 5.34. The molecule has 1 aliphatic rings. The Morgan fingerprint density at radius 2 is 2.35 bits per heavy atom. The number of aromatic nitrogens is 1. The van der Waals surface area contributed by atoms with Gasteiger partial charge in [0.1, 0.15) is 5.82 Å². The van der Waals surface area contributed by atoms with Crippen LogP contribution in [0.15, 0.2) is 36.0 Å². The Morgan fingerprint density at radius 1 is 1.55 bits per heavy atom. The number of rotatable bonds is 5. The maximum atomic E-state index is 5.74. The zero-order chi connectivity index (χ0) is 14.2. The smallest absolute Gasteiger partial charge is 0.189 e. The number of hydrogen-bond acceptors (Lipinski definition) is 4. The molecule has 1 saturated heterocycles. The summed E-state index contributed by atoms with van der Waals surface area (Å²) in [6, 6.07) is 4.00. The lowest BCUT2D eigenvalue weighted by atomic mass is 10.2. The molecule has 0 aromatic carbocycles. The summed E-state index contributed by atoms with van der Waals surface area (Å²) in [5.41, 5.74) is 6.82. The Morgan fingerprint density at radius 3 is 3.10 bits per heavy atom. The zero-order valence-electron chi connectivity index (χ0n) is 11.6. The Hall–Kier alpha value is -2.08. The molecule has 0 unspecified atom stereocenters. The van der Waals surface area contributed by atoms with Gasteiger partial charge in [0.2, 0.25) is 0 Å². The van der Waals surface area contributed by atoms with Crippen LogP contribution in [0.2, 0.25) is 0 Å². The molecular formula is C14H21N5O. The van der Waals surface area contributed by atoms with Crippen molar-refractivity contribution >= 4 is 11.8 Å². The highest BCUT2D eigenvalue weighted by atomic mass is 16.5. The van der Waals surface area contributed by atoms with Crippen LogP contribution < -0.4 is 16.0 Å². The first kappa shape index (κ1) is 14.3. The Bertz CT molecular complexity index is 468. The van der Waals surface area contributed by atoms with E-state index in [4.69, 9.17) is 10.5 Å². The molecule has 0 bridgehead atoms. The molecule has 20 heavy (non-hydrogen) atoms. The third-order valence-corrected chi connectivity index (χ3v) is 3.00. The zero-order valence-corrected chi connectivity index (χ0v) is 11.6. The first-order chi connectivity index (χ1) is 9.79. The van der Waals surface area contributed by atoms with Crippen molar-refractivity contribution in [2.45, 2.75) is 6.54 Å². The van der Waals surface area contributed by atoms with E-state index in [0.29, 0.717) is 19.0 Å². The molecule has 3 N–H and O–H groups in total. The molecule has 1 aromatic heterocycles. The Balaban J connectivity index is 1.96. The standard InChI is InChI=1S/C14H21N5O/c1-2-4-17-14(15)18-11-12-3-5-16-13(10-12)19-6-8-20-9-7-19/h2-3,5,10H,1,4,6-9,11H2,(H3,15,17,18). The van der Waals surface area contributed by atoms with E-state index in [1.807, 2.05) is 12.3 Å². The molecule has 1 aliphatic heterocycles. The fourth-order valence-electron chi connectivity index (χ4n) is 1.93. The molecule has 1 fully saturated rings. The van der Waals surface area contributed by atoms with Crippen molar-refractivity contribution < 1.29 is 4.74 Å². The average Bonchev–Trinajstić information content (AvgIpc) is 2.52. The second-order valence-electron chi connectivity index (χ2n) is 4.49. The summed E-state index contributed by atoms with van der Waals surface area (Å²) in [6.45, 7) is 8.03. The van der Waals surface area contributed by atoms with Gasteiger partial charge in [0.25, 0.3) is 0 Å². The van der Waals surface area contributed by atoms with E-state index in [1.54, 1.807) is 6.08 Å². The SMILES string of the molecule is C=CCNC(N)=NCc1ccnc(N2CCOCC2)c1. The minimum Gasteiger partial charge on any atom is -0.378 e. The lowest BCUT2D eigenvalue weighted by Crippen LogP contribution is -2.36. The second kappa shape index (κ2) is 7.49. The van der Waals surface area contributed by atoms with E-state index in [2.05, 4.69) is 32.8 Å². The number of guanidine groups is 1. The molecule has 2 heterocycles. The van der Waals surface area contributed by atoms with Crippen molar-refractivity contribution in [2.24, 2.45) is 10.7 Å². The molecule has 0 amide bonds. The van der Waals surface area contributed by atoms with Gasteiger partial charge in [0.05, 0.1) is 19.8 Å². The van der Waals surface area contributed by atoms with E-state index in [9.17, 15) is 0 Å². The highest BCUT2D eigenvalue weighted by Gasteiger charge is 2.12. The first-order valence-corrected chi connectivity index (χ1v) is 6.72. The lowest BCUT2D eigenvalue weighted by molar-refractivity contribution is 0.122. The molecule has 108 valence electrons. The van der Waals surface area contributed by atoms with Gasteiger partial charge in [-0.3, -0.25) is 0 Å². The number of morpholine rings is 1. The molecule has 0 atom stereocenters. The molecule has 0 aliphatic carbocycles. The predicted molar refractivity (Wildman–Crippen MR) is 80.8 cm³/mol. The van der Waals surface area contributed by atoms with Gasteiger partial charge in [-0.15, -0.1) is 6.58 Å². The summed E-state index contributed by atoms with van der Waals surface area (Å²) in [6.07, 6.45) is 3.55. The highest BCUT2D eigenvalue weighted by molar-refractivity contribution is 5.77. The van der Waals surface area contributed by atoms with Crippen LogP contribution >= 0.6 is 0 Å². The summed E-state index contributed by atoms with van der Waals surface area (Å²) >= 11 is 0. The number of hydrogen-bond donors (Lipinski definition) is 2. The largest absolute Gasteiger partial charge is 0.378 e. The summed E-state index contributed by atoms with van der Waals surface area (Å²) in [5.74, 6) is 1.40. The minimum absolute atomic E-state index is 0.426. The second-order valence-corrected chi connectivity index (χ2v) is 4.49. The molecule has 6 nitrogen and oxygen atoms in total. The summed E-state index contributed by atoms with van der Waals surface area (Å²) in [7, 11) is 0. The Labute approximate surface area is 119 Å². The molecule has 6 heteroatoms. The van der Waals surface area contributed by atoms with Gasteiger partial charge >= 0.3 is 0 Å².